The number of nitrogens with one attached hydrogen (secondary N) is 1. The van der Waals surface area contributed by atoms with Crippen molar-refractivity contribution in [1.29, 1.82) is 0 Å². The molecule has 2 aliphatic carbocycles. The molecule has 1 spiro atoms. The van der Waals surface area contributed by atoms with Gasteiger partial charge in [-0.1, -0.05) is 0 Å². The van der Waals surface area contributed by atoms with E-state index in [2.05, 4.69) is 25.1 Å². The topological polar surface area (TPSA) is 95.3 Å². The highest BCUT2D eigenvalue weighted by atomic mass is 19.4. The van der Waals surface area contributed by atoms with Crippen LogP contribution in [0.2, 0.25) is 0 Å². The van der Waals surface area contributed by atoms with Crippen LogP contribution in [0, 0.1) is 11.3 Å². The fourth-order valence-electron chi connectivity index (χ4n) is 5.56. The van der Waals surface area contributed by atoms with Gasteiger partial charge in [0.2, 0.25) is 5.91 Å². The average molecular weight is 509 g/mol. The molecule has 12 heteroatoms. The van der Waals surface area contributed by atoms with Gasteiger partial charge in [-0.3, -0.25) is 14.3 Å². The molecule has 0 aromatic carbocycles. The lowest BCUT2D eigenvalue weighted by atomic mass is 10.0. The fourth-order valence-corrected chi connectivity index (χ4v) is 5.56. The molecule has 1 saturated heterocycles. The molecule has 0 bridgehead atoms. The van der Waals surface area contributed by atoms with Crippen molar-refractivity contribution in [3.05, 3.63) is 60.3 Å². The number of piperazine rings is 1. The third kappa shape index (κ3) is 3.73. The predicted molar refractivity (Wildman–Crippen MR) is 126 cm³/mol. The zero-order valence-electron chi connectivity index (χ0n) is 19.7. The first-order valence-electron chi connectivity index (χ1n) is 12.2. The monoisotopic (exact) mass is 508 g/mol. The summed E-state index contributed by atoms with van der Waals surface area (Å²) in [5.74, 6) is 1.27. The summed E-state index contributed by atoms with van der Waals surface area (Å²) >= 11 is 0. The summed E-state index contributed by atoms with van der Waals surface area (Å²) in [5, 5.41) is 6.95. The van der Waals surface area contributed by atoms with Crippen molar-refractivity contribution in [3.8, 4) is 11.5 Å². The van der Waals surface area contributed by atoms with Crippen LogP contribution in [-0.4, -0.2) is 60.0 Å². The van der Waals surface area contributed by atoms with Gasteiger partial charge < -0.3 is 9.80 Å². The molecule has 190 valence electrons. The Balaban J connectivity index is 1.18. The van der Waals surface area contributed by atoms with E-state index < -0.39 is 11.7 Å². The summed E-state index contributed by atoms with van der Waals surface area (Å²) in [6, 6.07) is 3.93. The second-order valence-corrected chi connectivity index (χ2v) is 10.2. The number of pyridine rings is 1. The van der Waals surface area contributed by atoms with Crippen molar-refractivity contribution >= 4 is 17.4 Å². The molecule has 2 atom stereocenters. The minimum Gasteiger partial charge on any atom is -0.352 e. The highest BCUT2D eigenvalue weighted by Gasteiger charge is 2.66. The van der Waals surface area contributed by atoms with Crippen LogP contribution in [0.3, 0.4) is 0 Å². The quantitative estimate of drug-likeness (QED) is 0.452. The lowest BCUT2D eigenvalue weighted by molar-refractivity contribution is -0.138. The zero-order valence-corrected chi connectivity index (χ0v) is 19.7. The Kier molecular flexibility index (Phi) is 4.67. The van der Waals surface area contributed by atoms with Crippen LogP contribution in [-0.2, 0) is 11.0 Å². The first kappa shape index (κ1) is 22.3. The maximum absolute atomic E-state index is 13.4. The van der Waals surface area contributed by atoms with Gasteiger partial charge in [0.25, 0.3) is 0 Å². The van der Waals surface area contributed by atoms with Gasteiger partial charge >= 0.3 is 6.18 Å². The number of carbonyl (C=O) groups excluding carboxylic acids is 1. The van der Waals surface area contributed by atoms with Crippen molar-refractivity contribution in [3.63, 3.8) is 0 Å². The smallest absolute Gasteiger partial charge is 0.352 e. The third-order valence-electron chi connectivity index (χ3n) is 7.97. The largest absolute Gasteiger partial charge is 0.417 e. The molecule has 2 unspecified atom stereocenters. The van der Waals surface area contributed by atoms with Crippen LogP contribution >= 0.6 is 0 Å². The molecule has 3 aliphatic rings. The first-order chi connectivity index (χ1) is 17.8. The van der Waals surface area contributed by atoms with Gasteiger partial charge in [0.15, 0.2) is 5.82 Å². The summed E-state index contributed by atoms with van der Waals surface area (Å²) < 4.78 is 41.3. The Morgan fingerprint density at radius 1 is 1.11 bits per heavy atom. The summed E-state index contributed by atoms with van der Waals surface area (Å²) in [6.45, 7) is 1.65. The Bertz CT molecular complexity index is 1490. The van der Waals surface area contributed by atoms with Crippen molar-refractivity contribution in [2.45, 2.75) is 31.5 Å². The molecule has 3 fully saturated rings. The van der Waals surface area contributed by atoms with Gasteiger partial charge in [-0.15, -0.1) is 0 Å². The number of aromatic nitrogens is 6. The van der Waals surface area contributed by atoms with E-state index in [1.165, 1.54) is 16.7 Å². The Morgan fingerprint density at radius 2 is 1.97 bits per heavy atom. The van der Waals surface area contributed by atoms with Crippen LogP contribution in [0.15, 0.2) is 49.2 Å². The second-order valence-electron chi connectivity index (χ2n) is 10.2. The zero-order chi connectivity index (χ0) is 25.4. The predicted octanol–water partition coefficient (Wildman–Crippen LogP) is 3.72. The molecule has 4 aromatic rings. The number of alkyl halides is 3. The van der Waals surface area contributed by atoms with Crippen molar-refractivity contribution < 1.29 is 18.0 Å². The highest BCUT2D eigenvalue weighted by molar-refractivity contribution is 5.84. The summed E-state index contributed by atoms with van der Waals surface area (Å²) in [6.07, 6.45) is 6.46. The van der Waals surface area contributed by atoms with E-state index in [9.17, 15) is 18.0 Å². The number of fused-ring (bicyclic) bond motifs is 1. The summed E-state index contributed by atoms with van der Waals surface area (Å²) in [7, 11) is 0. The SMILES string of the molecule is O=C(C1CC12CC2)N1CCN(c2ccnc(-c3cnc4ccc(C(F)(F)F)cn34)n2)CC1c1cn[nH]c1. The second kappa shape index (κ2) is 7.77. The van der Waals surface area contributed by atoms with Crippen LogP contribution in [0.25, 0.3) is 17.2 Å². The Hall–Kier alpha value is -3.96. The number of anilines is 1. The van der Waals surface area contributed by atoms with Gasteiger partial charge in [0.1, 0.15) is 17.2 Å². The molecule has 0 radical (unpaired) electrons. The molecule has 4 aromatic heterocycles. The molecule has 37 heavy (non-hydrogen) atoms. The maximum atomic E-state index is 13.4. The number of hydrogen-bond donors (Lipinski definition) is 1. The first-order valence-corrected chi connectivity index (χ1v) is 12.2. The number of hydrogen-bond acceptors (Lipinski definition) is 6. The molecule has 2 saturated carbocycles. The van der Waals surface area contributed by atoms with E-state index in [1.54, 1.807) is 18.5 Å². The Labute approximate surface area is 209 Å². The molecular formula is C25H23F3N8O. The van der Waals surface area contributed by atoms with Crippen molar-refractivity contribution in [2.75, 3.05) is 24.5 Å². The van der Waals surface area contributed by atoms with Gasteiger partial charge in [-0.05, 0) is 42.9 Å². The number of halogens is 3. The molecule has 1 aliphatic heterocycles. The molecular weight excluding hydrogens is 485 g/mol. The standard InChI is InChI=1S/C25H23F3N8O/c26-25(27,28)16-1-2-20-30-12-18(36(20)13-16)22-29-6-3-21(33-22)34-7-8-35(19(14-34)15-10-31-32-11-15)23(37)17-9-24(17)4-5-24/h1-3,6,10-13,17,19H,4-5,7-9,14H2,(H,31,32). The number of amides is 1. The minimum absolute atomic E-state index is 0.135. The summed E-state index contributed by atoms with van der Waals surface area (Å²) in [5.41, 5.74) is 1.17. The summed E-state index contributed by atoms with van der Waals surface area (Å²) in [4.78, 5) is 30.7. The lowest BCUT2D eigenvalue weighted by Gasteiger charge is -2.42. The van der Waals surface area contributed by atoms with E-state index in [0.717, 1.165) is 37.1 Å². The van der Waals surface area contributed by atoms with Crippen LogP contribution in [0.4, 0.5) is 19.0 Å². The number of carbonyl (C=O) groups is 1. The number of nitrogens with zero attached hydrogens (tertiary/aromatic N) is 7. The molecule has 7 rings (SSSR count). The number of rotatable bonds is 4. The van der Waals surface area contributed by atoms with E-state index in [4.69, 9.17) is 4.98 Å². The maximum Gasteiger partial charge on any atom is 0.417 e. The minimum atomic E-state index is -4.47. The van der Waals surface area contributed by atoms with Gasteiger partial charge in [-0.2, -0.15) is 18.3 Å². The lowest BCUT2D eigenvalue weighted by Crippen LogP contribution is -2.51. The molecule has 1 amide bonds. The van der Waals surface area contributed by atoms with Crippen LogP contribution in [0.1, 0.15) is 36.4 Å². The highest BCUT2D eigenvalue weighted by Crippen LogP contribution is 2.71. The fraction of sp³-hybridized carbons (Fsp3) is 0.400. The van der Waals surface area contributed by atoms with Crippen LogP contribution in [0.5, 0.6) is 0 Å². The molecule has 1 N–H and O–H groups in total. The molecule has 5 heterocycles. The number of H-pyrrole nitrogens is 1. The van der Waals surface area contributed by atoms with Crippen molar-refractivity contribution in [1.82, 2.24) is 34.4 Å². The van der Waals surface area contributed by atoms with E-state index >= 15 is 0 Å². The molecule has 9 nitrogen and oxygen atoms in total. The number of imidazole rings is 1. The van der Waals surface area contributed by atoms with Gasteiger partial charge in [0.05, 0.1) is 24.0 Å². The van der Waals surface area contributed by atoms with Crippen molar-refractivity contribution in [2.24, 2.45) is 11.3 Å². The van der Waals surface area contributed by atoms with Crippen LogP contribution < -0.4 is 4.90 Å². The van der Waals surface area contributed by atoms with E-state index in [0.29, 0.717) is 36.8 Å². The third-order valence-corrected chi connectivity index (χ3v) is 7.97. The average Bonchev–Trinajstić information content (AvgIpc) is 3.67. The number of aromatic amines is 1. The van der Waals surface area contributed by atoms with Gasteiger partial charge in [0, 0.05) is 49.7 Å². The normalized spacial score (nSPS) is 22.6. The van der Waals surface area contributed by atoms with E-state index in [1.807, 2.05) is 11.1 Å². The van der Waals surface area contributed by atoms with E-state index in [-0.39, 0.29) is 29.1 Å². The Morgan fingerprint density at radius 3 is 2.70 bits per heavy atom. The van der Waals surface area contributed by atoms with Gasteiger partial charge in [-0.25, -0.2) is 15.0 Å².